The Bertz CT molecular complexity index is 585. The summed E-state index contributed by atoms with van der Waals surface area (Å²) in [4.78, 5) is 3.69. The van der Waals surface area contributed by atoms with Crippen molar-refractivity contribution in [1.82, 2.24) is 4.98 Å². The molecule has 0 spiro atoms. The van der Waals surface area contributed by atoms with Crippen molar-refractivity contribution in [3.63, 3.8) is 0 Å². The van der Waals surface area contributed by atoms with Crippen molar-refractivity contribution < 1.29 is 8.78 Å². The Morgan fingerprint density at radius 2 is 1.95 bits per heavy atom. The van der Waals surface area contributed by atoms with E-state index in [1.165, 1.54) is 0 Å². The molecule has 2 rings (SSSR count). The number of halogens is 2. The maximum atomic E-state index is 13.6. The number of aryl methyl sites for hydroxylation is 1. The molecule has 1 heterocycles. The van der Waals surface area contributed by atoms with Crippen molar-refractivity contribution in [2.75, 3.05) is 11.1 Å². The van der Waals surface area contributed by atoms with E-state index in [4.69, 9.17) is 5.73 Å². The minimum Gasteiger partial charge on any atom is -0.381 e. The normalized spacial score (nSPS) is 10.5. The highest BCUT2D eigenvalue weighted by Gasteiger charge is 2.11. The van der Waals surface area contributed by atoms with Gasteiger partial charge in [-0.1, -0.05) is 31.5 Å². The summed E-state index contributed by atoms with van der Waals surface area (Å²) in [5.74, 6) is -2.01. The lowest BCUT2D eigenvalue weighted by atomic mass is 10.1. The summed E-state index contributed by atoms with van der Waals surface area (Å²) in [5, 5.41) is 2.86. The lowest BCUT2D eigenvalue weighted by molar-refractivity contribution is 0.581. The van der Waals surface area contributed by atoms with E-state index in [2.05, 4.69) is 17.2 Å². The van der Waals surface area contributed by atoms with Gasteiger partial charge in [0.2, 0.25) is 0 Å². The van der Waals surface area contributed by atoms with Crippen LogP contribution in [-0.2, 0) is 6.42 Å². The van der Waals surface area contributed by atoms with Gasteiger partial charge in [0, 0.05) is 11.8 Å². The van der Waals surface area contributed by atoms with Crippen LogP contribution in [0, 0.1) is 11.6 Å². The molecule has 1 aromatic heterocycles. The third kappa shape index (κ3) is 2.99. The van der Waals surface area contributed by atoms with Crippen molar-refractivity contribution in [1.29, 1.82) is 0 Å². The van der Waals surface area contributed by atoms with Crippen molar-refractivity contribution in [2.45, 2.75) is 19.8 Å². The fraction of sp³-hybridized carbons (Fsp3) is 0.214. The molecule has 0 bridgehead atoms. The second-order valence-corrected chi connectivity index (χ2v) is 4.22. The molecular weight excluding hydrogens is 248 g/mol. The van der Waals surface area contributed by atoms with Crippen LogP contribution in [0.25, 0.3) is 0 Å². The van der Waals surface area contributed by atoms with Crippen molar-refractivity contribution in [2.24, 2.45) is 0 Å². The number of rotatable bonds is 4. The fourth-order valence-corrected chi connectivity index (χ4v) is 1.83. The third-order valence-corrected chi connectivity index (χ3v) is 2.75. The first-order valence-electron chi connectivity index (χ1n) is 6.08. The Morgan fingerprint density at radius 1 is 1.21 bits per heavy atom. The average Bonchev–Trinajstić information content (AvgIpc) is 2.38. The van der Waals surface area contributed by atoms with Crippen LogP contribution in [0.1, 0.15) is 18.9 Å². The van der Waals surface area contributed by atoms with E-state index < -0.39 is 11.6 Å². The molecule has 1 aromatic carbocycles. The minimum absolute atomic E-state index is 0.0672. The van der Waals surface area contributed by atoms with Gasteiger partial charge in [-0.2, -0.15) is 0 Å². The molecular formula is C14H15F2N3. The first kappa shape index (κ1) is 13.3. The zero-order valence-corrected chi connectivity index (χ0v) is 10.6. The number of anilines is 3. The predicted octanol–water partition coefficient (Wildman–Crippen LogP) is 3.64. The van der Waals surface area contributed by atoms with Crippen LogP contribution in [0.5, 0.6) is 0 Å². The molecule has 19 heavy (non-hydrogen) atoms. The Hall–Kier alpha value is -2.17. The number of aromatic nitrogens is 1. The topological polar surface area (TPSA) is 50.9 Å². The van der Waals surface area contributed by atoms with Gasteiger partial charge >= 0.3 is 0 Å². The molecule has 0 saturated heterocycles. The van der Waals surface area contributed by atoms with Crippen LogP contribution in [-0.4, -0.2) is 4.98 Å². The predicted molar refractivity (Wildman–Crippen MR) is 72.3 cm³/mol. The Labute approximate surface area is 110 Å². The maximum absolute atomic E-state index is 13.6. The largest absolute Gasteiger partial charge is 0.381 e. The summed E-state index contributed by atoms with van der Waals surface area (Å²) >= 11 is 0. The van der Waals surface area contributed by atoms with Gasteiger partial charge < -0.3 is 11.1 Å². The second kappa shape index (κ2) is 5.65. The lowest BCUT2D eigenvalue weighted by Crippen LogP contribution is -2.04. The van der Waals surface area contributed by atoms with Gasteiger partial charge in [-0.05, 0) is 18.1 Å². The van der Waals surface area contributed by atoms with E-state index in [-0.39, 0.29) is 11.6 Å². The van der Waals surface area contributed by atoms with E-state index in [0.29, 0.717) is 0 Å². The van der Waals surface area contributed by atoms with Gasteiger partial charge in [-0.25, -0.2) is 13.8 Å². The van der Waals surface area contributed by atoms with E-state index in [1.807, 2.05) is 24.3 Å². The van der Waals surface area contributed by atoms with Gasteiger partial charge in [0.1, 0.15) is 0 Å². The number of hydrogen-bond donors (Lipinski definition) is 2. The first-order valence-corrected chi connectivity index (χ1v) is 6.08. The quantitative estimate of drug-likeness (QED) is 0.885. The Kier molecular flexibility index (Phi) is 3.94. The van der Waals surface area contributed by atoms with Crippen LogP contribution < -0.4 is 11.1 Å². The van der Waals surface area contributed by atoms with Gasteiger partial charge in [-0.15, -0.1) is 0 Å². The van der Waals surface area contributed by atoms with E-state index >= 15 is 0 Å². The molecule has 0 aliphatic carbocycles. The zero-order valence-electron chi connectivity index (χ0n) is 10.6. The molecule has 3 nitrogen and oxygen atoms in total. The molecule has 0 saturated carbocycles. The Morgan fingerprint density at radius 3 is 2.68 bits per heavy atom. The molecule has 0 amide bonds. The number of nitrogens with two attached hydrogens (primary N) is 1. The number of pyridine rings is 1. The molecule has 0 fully saturated rings. The molecule has 0 radical (unpaired) electrons. The first-order chi connectivity index (χ1) is 9.11. The highest BCUT2D eigenvalue weighted by atomic mass is 19.1. The molecule has 100 valence electrons. The molecule has 0 atom stereocenters. The monoisotopic (exact) mass is 263 g/mol. The molecule has 3 N–H and O–H groups in total. The summed E-state index contributed by atoms with van der Waals surface area (Å²) in [7, 11) is 0. The Balaban J connectivity index is 2.33. The van der Waals surface area contributed by atoms with Gasteiger partial charge in [-0.3, -0.25) is 0 Å². The summed E-state index contributed by atoms with van der Waals surface area (Å²) in [5.41, 5.74) is 7.15. The van der Waals surface area contributed by atoms with E-state index in [9.17, 15) is 8.78 Å². The number of para-hydroxylation sites is 1. The highest BCUT2D eigenvalue weighted by Crippen LogP contribution is 2.24. The lowest BCUT2D eigenvalue weighted by Gasteiger charge is -2.12. The minimum atomic E-state index is -0.857. The third-order valence-electron chi connectivity index (χ3n) is 2.75. The number of nitrogen functional groups attached to an aromatic ring is 1. The maximum Gasteiger partial charge on any atom is 0.169 e. The zero-order chi connectivity index (χ0) is 13.8. The molecule has 0 aliphatic heterocycles. The van der Waals surface area contributed by atoms with Crippen LogP contribution in [0.2, 0.25) is 0 Å². The van der Waals surface area contributed by atoms with Crippen molar-refractivity contribution in [3.05, 3.63) is 47.5 Å². The fourth-order valence-electron chi connectivity index (χ4n) is 1.83. The molecule has 0 aliphatic rings. The number of nitrogens with zero attached hydrogens (tertiary/aromatic N) is 1. The van der Waals surface area contributed by atoms with Gasteiger partial charge in [0.25, 0.3) is 0 Å². The van der Waals surface area contributed by atoms with Gasteiger partial charge in [0.05, 0.1) is 0 Å². The van der Waals surface area contributed by atoms with Crippen LogP contribution in [0.4, 0.5) is 26.1 Å². The standard InChI is InChI=1S/C14H15F2N3/c1-2-5-9-6-3-4-7-12(9)18-14-11(16)8-10(15)13(17)19-14/h3-4,6-8H,2,5H2,1H3,(H3,17,18,19). The van der Waals surface area contributed by atoms with E-state index in [1.54, 1.807) is 0 Å². The van der Waals surface area contributed by atoms with Crippen LogP contribution >= 0.6 is 0 Å². The summed E-state index contributed by atoms with van der Waals surface area (Å²) in [6.45, 7) is 2.06. The smallest absolute Gasteiger partial charge is 0.169 e. The number of hydrogen-bond acceptors (Lipinski definition) is 3. The van der Waals surface area contributed by atoms with Crippen molar-refractivity contribution in [3.8, 4) is 0 Å². The summed E-state index contributed by atoms with van der Waals surface area (Å²) < 4.78 is 26.7. The summed E-state index contributed by atoms with van der Waals surface area (Å²) in [6.07, 6.45) is 1.83. The van der Waals surface area contributed by atoms with Crippen LogP contribution in [0.3, 0.4) is 0 Å². The van der Waals surface area contributed by atoms with Crippen molar-refractivity contribution >= 4 is 17.3 Å². The van der Waals surface area contributed by atoms with Gasteiger partial charge in [0.15, 0.2) is 23.3 Å². The van der Waals surface area contributed by atoms with Crippen LogP contribution in [0.15, 0.2) is 30.3 Å². The summed E-state index contributed by atoms with van der Waals surface area (Å²) in [6, 6.07) is 8.26. The SMILES string of the molecule is CCCc1ccccc1Nc1nc(N)c(F)cc1F. The average molecular weight is 263 g/mol. The molecule has 5 heteroatoms. The van der Waals surface area contributed by atoms with E-state index in [0.717, 1.165) is 30.2 Å². The number of nitrogens with one attached hydrogen (secondary N) is 1. The number of benzene rings is 1. The molecule has 0 unspecified atom stereocenters. The highest BCUT2D eigenvalue weighted by molar-refractivity contribution is 5.62. The molecule has 2 aromatic rings. The second-order valence-electron chi connectivity index (χ2n) is 4.22.